The van der Waals surface area contributed by atoms with Crippen molar-refractivity contribution in [3.63, 3.8) is 0 Å². The smallest absolute Gasteiger partial charge is 0.256 e. The summed E-state index contributed by atoms with van der Waals surface area (Å²) in [6.07, 6.45) is 5.08. The van der Waals surface area contributed by atoms with Crippen LogP contribution in [0, 0.1) is 0 Å². The van der Waals surface area contributed by atoms with Gasteiger partial charge < -0.3 is 14.9 Å². The molecule has 2 atom stereocenters. The number of amides is 2. The van der Waals surface area contributed by atoms with E-state index in [1.807, 2.05) is 48.5 Å². The van der Waals surface area contributed by atoms with Crippen molar-refractivity contribution in [2.24, 2.45) is 0 Å². The third kappa shape index (κ3) is 3.26. The molecule has 1 spiro atoms. The fourth-order valence-electron chi connectivity index (χ4n) is 5.18. The zero-order valence-electron chi connectivity index (χ0n) is 17.5. The molecule has 0 saturated carbocycles. The van der Waals surface area contributed by atoms with Crippen molar-refractivity contribution in [2.75, 3.05) is 19.7 Å². The number of aliphatic hydroxyl groups excluding tert-OH is 1. The van der Waals surface area contributed by atoms with Gasteiger partial charge in [0, 0.05) is 43.3 Å². The van der Waals surface area contributed by atoms with E-state index in [4.69, 9.17) is 0 Å². The Bertz CT molecular complexity index is 1100. The third-order valence-electron chi connectivity index (χ3n) is 6.59. The van der Waals surface area contributed by atoms with E-state index in [0.29, 0.717) is 18.7 Å². The number of likely N-dealkylation sites (tertiary alicyclic amines) is 2. The van der Waals surface area contributed by atoms with Crippen LogP contribution in [0.2, 0.25) is 0 Å². The molecule has 0 bridgehead atoms. The zero-order chi connectivity index (χ0) is 22.1. The number of hydrogen-bond acceptors (Lipinski definition) is 5. The van der Waals surface area contributed by atoms with Crippen molar-refractivity contribution in [1.82, 2.24) is 19.8 Å². The SMILES string of the molecule is O=C(Cc1ccccn1)N1CC2(C1)[C@H](c1ccccc1)[C@H](CO)N2C(=O)c1cccnc1. The molecule has 2 amide bonds. The van der Waals surface area contributed by atoms with Crippen molar-refractivity contribution in [3.05, 3.63) is 96.1 Å². The first-order valence-corrected chi connectivity index (χ1v) is 10.7. The lowest BCUT2D eigenvalue weighted by Gasteiger charge is -2.70. The Morgan fingerprint density at radius 1 is 1.00 bits per heavy atom. The predicted molar refractivity (Wildman–Crippen MR) is 118 cm³/mol. The summed E-state index contributed by atoms with van der Waals surface area (Å²) in [6.45, 7) is 0.719. The van der Waals surface area contributed by atoms with Crippen LogP contribution in [-0.4, -0.2) is 68.0 Å². The van der Waals surface area contributed by atoms with E-state index in [1.54, 1.807) is 40.5 Å². The van der Waals surface area contributed by atoms with Crippen LogP contribution in [0.1, 0.15) is 27.5 Å². The lowest BCUT2D eigenvalue weighted by Crippen LogP contribution is -2.86. The number of benzene rings is 1. The van der Waals surface area contributed by atoms with Gasteiger partial charge in [0.2, 0.25) is 5.91 Å². The molecule has 0 radical (unpaired) electrons. The Balaban J connectivity index is 1.42. The van der Waals surface area contributed by atoms with E-state index in [-0.39, 0.29) is 36.8 Å². The standard InChI is InChI=1S/C25H24N4O3/c30-15-21-23(18-7-2-1-3-8-18)25(29(21)24(32)19-9-6-11-26-14-19)16-28(17-25)22(31)13-20-10-4-5-12-27-20/h1-12,14,21,23,30H,13,15-17H2/t21-,23+/m0/s1. The molecule has 2 fully saturated rings. The summed E-state index contributed by atoms with van der Waals surface area (Å²) in [4.78, 5) is 38.2. The first kappa shape index (κ1) is 20.3. The van der Waals surface area contributed by atoms with Crippen LogP contribution in [0.15, 0.2) is 79.3 Å². The van der Waals surface area contributed by atoms with Crippen molar-refractivity contribution in [1.29, 1.82) is 0 Å². The van der Waals surface area contributed by atoms with Gasteiger partial charge in [-0.2, -0.15) is 0 Å². The van der Waals surface area contributed by atoms with E-state index in [2.05, 4.69) is 9.97 Å². The number of hydrogen-bond donors (Lipinski definition) is 1. The number of pyridine rings is 2. The van der Waals surface area contributed by atoms with Crippen LogP contribution in [0.5, 0.6) is 0 Å². The molecule has 2 aliphatic heterocycles. The molecule has 5 rings (SSSR count). The summed E-state index contributed by atoms with van der Waals surface area (Å²) in [7, 11) is 0. The maximum absolute atomic E-state index is 13.4. The molecule has 7 nitrogen and oxygen atoms in total. The second-order valence-electron chi connectivity index (χ2n) is 8.41. The second kappa shape index (κ2) is 8.16. The van der Waals surface area contributed by atoms with Gasteiger partial charge in [-0.3, -0.25) is 19.6 Å². The fourth-order valence-corrected chi connectivity index (χ4v) is 5.18. The van der Waals surface area contributed by atoms with Crippen LogP contribution >= 0.6 is 0 Å². The van der Waals surface area contributed by atoms with E-state index in [1.165, 1.54) is 0 Å². The average molecular weight is 428 g/mol. The molecular weight excluding hydrogens is 404 g/mol. The molecule has 32 heavy (non-hydrogen) atoms. The number of nitrogens with zero attached hydrogens (tertiary/aromatic N) is 4. The largest absolute Gasteiger partial charge is 0.394 e. The number of carbonyl (C=O) groups excluding carboxylic acids is 2. The zero-order valence-corrected chi connectivity index (χ0v) is 17.5. The van der Waals surface area contributed by atoms with E-state index in [0.717, 1.165) is 11.3 Å². The molecule has 1 N–H and O–H groups in total. The molecule has 2 aromatic heterocycles. The van der Waals surface area contributed by atoms with Crippen LogP contribution < -0.4 is 0 Å². The second-order valence-corrected chi connectivity index (χ2v) is 8.41. The summed E-state index contributed by atoms with van der Waals surface area (Å²) in [5.41, 5.74) is 1.73. The fraction of sp³-hybridized carbons (Fsp3) is 0.280. The topological polar surface area (TPSA) is 86.6 Å². The monoisotopic (exact) mass is 428 g/mol. The van der Waals surface area contributed by atoms with Crippen LogP contribution in [0.25, 0.3) is 0 Å². The molecule has 162 valence electrons. The minimum absolute atomic E-state index is 0.0117. The number of rotatable bonds is 5. The van der Waals surface area contributed by atoms with Crippen molar-refractivity contribution >= 4 is 11.8 Å². The number of carbonyl (C=O) groups is 2. The van der Waals surface area contributed by atoms with Gasteiger partial charge in [0.25, 0.3) is 5.91 Å². The van der Waals surface area contributed by atoms with E-state index >= 15 is 0 Å². The Labute approximate surface area is 186 Å². The predicted octanol–water partition coefficient (Wildman–Crippen LogP) is 1.90. The molecule has 2 saturated heterocycles. The molecule has 1 aromatic carbocycles. The van der Waals surface area contributed by atoms with Crippen molar-refractivity contribution < 1.29 is 14.7 Å². The van der Waals surface area contributed by atoms with Gasteiger partial charge in [-0.05, 0) is 29.8 Å². The number of aromatic nitrogens is 2. The maximum Gasteiger partial charge on any atom is 0.256 e. The molecule has 0 unspecified atom stereocenters. The summed E-state index contributed by atoms with van der Waals surface area (Å²) in [5, 5.41) is 10.2. The molecule has 7 heteroatoms. The Morgan fingerprint density at radius 2 is 1.78 bits per heavy atom. The molecule has 0 aliphatic carbocycles. The third-order valence-corrected chi connectivity index (χ3v) is 6.59. The number of aliphatic hydroxyl groups is 1. The van der Waals surface area contributed by atoms with Gasteiger partial charge in [-0.1, -0.05) is 36.4 Å². The van der Waals surface area contributed by atoms with Crippen molar-refractivity contribution in [3.8, 4) is 0 Å². The first-order valence-electron chi connectivity index (χ1n) is 10.7. The highest BCUT2D eigenvalue weighted by Crippen LogP contribution is 2.54. The van der Waals surface area contributed by atoms with Crippen molar-refractivity contribution in [2.45, 2.75) is 23.9 Å². The lowest BCUT2D eigenvalue weighted by molar-refractivity contribution is -0.178. The van der Waals surface area contributed by atoms with Gasteiger partial charge in [0.05, 0.1) is 30.2 Å². The first-order chi connectivity index (χ1) is 15.6. The normalized spacial score (nSPS) is 21.0. The molecule has 2 aliphatic rings. The maximum atomic E-state index is 13.4. The molecule has 4 heterocycles. The summed E-state index contributed by atoms with van der Waals surface area (Å²) < 4.78 is 0. The van der Waals surface area contributed by atoms with Gasteiger partial charge in [0.1, 0.15) is 0 Å². The molecule has 3 aromatic rings. The highest BCUT2D eigenvalue weighted by atomic mass is 16.3. The Morgan fingerprint density at radius 3 is 2.44 bits per heavy atom. The summed E-state index contributed by atoms with van der Waals surface area (Å²) >= 11 is 0. The highest BCUT2D eigenvalue weighted by Gasteiger charge is 2.68. The van der Waals surface area contributed by atoms with E-state index in [9.17, 15) is 14.7 Å². The van der Waals surface area contributed by atoms with E-state index < -0.39 is 5.54 Å². The Kier molecular flexibility index (Phi) is 5.19. The minimum atomic E-state index is -0.540. The quantitative estimate of drug-likeness (QED) is 0.671. The summed E-state index contributed by atoms with van der Waals surface area (Å²) in [5.74, 6) is -0.225. The van der Waals surface area contributed by atoms with Crippen LogP contribution in [-0.2, 0) is 11.2 Å². The van der Waals surface area contributed by atoms with Gasteiger partial charge in [-0.15, -0.1) is 0 Å². The van der Waals surface area contributed by atoms with Gasteiger partial charge in [0.15, 0.2) is 0 Å². The van der Waals surface area contributed by atoms with Gasteiger partial charge in [-0.25, -0.2) is 0 Å². The Hall–Kier alpha value is -3.58. The van der Waals surface area contributed by atoms with Gasteiger partial charge >= 0.3 is 0 Å². The molecular formula is C25H24N4O3. The minimum Gasteiger partial charge on any atom is -0.394 e. The van der Waals surface area contributed by atoms with Crippen LogP contribution in [0.4, 0.5) is 0 Å². The van der Waals surface area contributed by atoms with Crippen LogP contribution in [0.3, 0.4) is 0 Å². The lowest BCUT2D eigenvalue weighted by atomic mass is 9.60. The highest BCUT2D eigenvalue weighted by molar-refractivity contribution is 5.96. The summed E-state index contributed by atoms with van der Waals surface area (Å²) in [6, 6.07) is 18.6. The average Bonchev–Trinajstić information content (AvgIpc) is 2.79.